The summed E-state index contributed by atoms with van der Waals surface area (Å²) in [6, 6.07) is 5.83. The number of sulfonamides is 1. The van der Waals surface area contributed by atoms with Crippen molar-refractivity contribution in [2.45, 2.75) is 13.0 Å². The second-order valence-corrected chi connectivity index (χ2v) is 5.45. The third kappa shape index (κ3) is 5.35. The first-order valence-electron chi connectivity index (χ1n) is 4.93. The zero-order valence-corrected chi connectivity index (χ0v) is 11.6. The number of nitrogens with two attached hydrogens (primary N) is 1. The molecule has 0 aliphatic carbocycles. The summed E-state index contributed by atoms with van der Waals surface area (Å²) in [5.41, 5.74) is 6.09. The zero-order valence-electron chi connectivity index (χ0n) is 10.0. The zero-order chi connectivity index (χ0) is 13.1. The first-order chi connectivity index (χ1) is 7.79. The molecule has 1 unspecified atom stereocenters. The number of rotatable bonds is 4. The second kappa shape index (κ2) is 6.58. The molecular weight excluding hydrogens is 278 g/mol. The highest BCUT2D eigenvalue weighted by Gasteiger charge is 2.11. The molecule has 0 aromatic heterocycles. The van der Waals surface area contributed by atoms with E-state index in [-0.39, 0.29) is 18.3 Å². The molecule has 0 aliphatic rings. The highest BCUT2D eigenvalue weighted by atomic mass is 35.5. The molecule has 0 aliphatic heterocycles. The standard InChI is InChI=1S/C10H15N3O3S.ClH/c1-7(11)10(14)12-8-5-3-4-6-9(8)13-17(2,15)16;/h3-7,13H,11H2,1-2H3,(H,12,14);1H. The van der Waals surface area contributed by atoms with Crippen molar-refractivity contribution < 1.29 is 13.2 Å². The fraction of sp³-hybridized carbons (Fsp3) is 0.300. The van der Waals surface area contributed by atoms with Crippen molar-refractivity contribution in [1.82, 2.24) is 0 Å². The third-order valence-electron chi connectivity index (χ3n) is 1.89. The van der Waals surface area contributed by atoms with E-state index in [4.69, 9.17) is 5.73 Å². The molecule has 0 radical (unpaired) electrons. The molecule has 0 heterocycles. The summed E-state index contributed by atoms with van der Waals surface area (Å²) in [5.74, 6) is -0.382. The van der Waals surface area contributed by atoms with Crippen LogP contribution in [0.15, 0.2) is 24.3 Å². The van der Waals surface area contributed by atoms with E-state index in [0.717, 1.165) is 6.26 Å². The molecule has 6 nitrogen and oxygen atoms in total. The fourth-order valence-corrected chi connectivity index (χ4v) is 1.70. The van der Waals surface area contributed by atoms with Gasteiger partial charge in [-0.2, -0.15) is 0 Å². The number of halogens is 1. The van der Waals surface area contributed by atoms with Crippen molar-refractivity contribution in [3.8, 4) is 0 Å². The van der Waals surface area contributed by atoms with Crippen LogP contribution in [-0.2, 0) is 14.8 Å². The average molecular weight is 294 g/mol. The molecule has 1 atom stereocenters. The minimum Gasteiger partial charge on any atom is -0.323 e. The van der Waals surface area contributed by atoms with Crippen LogP contribution < -0.4 is 15.8 Å². The van der Waals surface area contributed by atoms with E-state index in [1.165, 1.54) is 0 Å². The largest absolute Gasteiger partial charge is 0.323 e. The van der Waals surface area contributed by atoms with E-state index < -0.39 is 16.1 Å². The van der Waals surface area contributed by atoms with E-state index >= 15 is 0 Å². The third-order valence-corrected chi connectivity index (χ3v) is 2.48. The van der Waals surface area contributed by atoms with Crippen molar-refractivity contribution in [1.29, 1.82) is 0 Å². The smallest absolute Gasteiger partial charge is 0.241 e. The molecular formula is C10H16ClN3O3S. The van der Waals surface area contributed by atoms with Crippen LogP contribution in [0, 0.1) is 0 Å². The van der Waals surface area contributed by atoms with Crippen LogP contribution >= 0.6 is 12.4 Å². The first kappa shape index (κ1) is 16.7. The predicted molar refractivity (Wildman–Crippen MR) is 74.4 cm³/mol. The Labute approximate surface area is 112 Å². The van der Waals surface area contributed by atoms with Gasteiger partial charge in [-0.25, -0.2) is 8.42 Å². The van der Waals surface area contributed by atoms with Crippen LogP contribution in [0.25, 0.3) is 0 Å². The van der Waals surface area contributed by atoms with Crippen molar-refractivity contribution in [2.75, 3.05) is 16.3 Å². The molecule has 1 aromatic carbocycles. The lowest BCUT2D eigenvalue weighted by Gasteiger charge is -2.12. The lowest BCUT2D eigenvalue weighted by Crippen LogP contribution is -2.32. The predicted octanol–water partition coefficient (Wildman–Crippen LogP) is 0.766. The van der Waals surface area contributed by atoms with Crippen molar-refractivity contribution in [3.63, 3.8) is 0 Å². The summed E-state index contributed by atoms with van der Waals surface area (Å²) in [5, 5.41) is 2.54. The number of carbonyl (C=O) groups excluding carboxylic acids is 1. The van der Waals surface area contributed by atoms with E-state index in [9.17, 15) is 13.2 Å². The minimum absolute atomic E-state index is 0. The Morgan fingerprint density at radius 3 is 2.22 bits per heavy atom. The van der Waals surface area contributed by atoms with Gasteiger partial charge in [0.05, 0.1) is 23.7 Å². The molecule has 4 N–H and O–H groups in total. The van der Waals surface area contributed by atoms with Gasteiger partial charge in [0.1, 0.15) is 0 Å². The van der Waals surface area contributed by atoms with Crippen molar-refractivity contribution in [3.05, 3.63) is 24.3 Å². The molecule has 102 valence electrons. The monoisotopic (exact) mass is 293 g/mol. The maximum atomic E-state index is 11.4. The first-order valence-corrected chi connectivity index (χ1v) is 6.82. The maximum absolute atomic E-state index is 11.4. The van der Waals surface area contributed by atoms with Gasteiger partial charge in [0, 0.05) is 0 Å². The van der Waals surface area contributed by atoms with Gasteiger partial charge in [-0.15, -0.1) is 12.4 Å². The average Bonchev–Trinajstić information content (AvgIpc) is 2.18. The lowest BCUT2D eigenvalue weighted by atomic mass is 10.2. The van der Waals surface area contributed by atoms with Gasteiger partial charge in [0.2, 0.25) is 15.9 Å². The molecule has 1 rings (SSSR count). The van der Waals surface area contributed by atoms with Crippen LogP contribution in [-0.4, -0.2) is 26.6 Å². The van der Waals surface area contributed by atoms with Gasteiger partial charge in [0.15, 0.2) is 0 Å². The van der Waals surface area contributed by atoms with Gasteiger partial charge < -0.3 is 11.1 Å². The van der Waals surface area contributed by atoms with Gasteiger partial charge in [-0.1, -0.05) is 12.1 Å². The number of carbonyl (C=O) groups is 1. The Morgan fingerprint density at radius 2 is 1.78 bits per heavy atom. The van der Waals surface area contributed by atoms with Crippen LogP contribution in [0.3, 0.4) is 0 Å². The van der Waals surface area contributed by atoms with Crippen LogP contribution in [0.2, 0.25) is 0 Å². The van der Waals surface area contributed by atoms with E-state index in [1.54, 1.807) is 31.2 Å². The van der Waals surface area contributed by atoms with Crippen molar-refractivity contribution in [2.24, 2.45) is 5.73 Å². The lowest BCUT2D eigenvalue weighted by molar-refractivity contribution is -0.117. The van der Waals surface area contributed by atoms with E-state index in [2.05, 4.69) is 10.0 Å². The highest BCUT2D eigenvalue weighted by Crippen LogP contribution is 2.21. The SMILES string of the molecule is CC(N)C(=O)Nc1ccccc1NS(C)(=O)=O.Cl. The minimum atomic E-state index is -3.39. The molecule has 0 saturated heterocycles. The summed E-state index contributed by atoms with van der Waals surface area (Å²) < 4.78 is 24.6. The molecule has 0 saturated carbocycles. The molecule has 18 heavy (non-hydrogen) atoms. The number of benzene rings is 1. The Morgan fingerprint density at radius 1 is 1.28 bits per heavy atom. The number of nitrogens with one attached hydrogen (secondary N) is 2. The molecule has 8 heteroatoms. The van der Waals surface area contributed by atoms with Gasteiger partial charge in [-0.05, 0) is 19.1 Å². The van der Waals surface area contributed by atoms with Crippen LogP contribution in [0.1, 0.15) is 6.92 Å². The van der Waals surface area contributed by atoms with E-state index in [0.29, 0.717) is 11.4 Å². The Balaban J connectivity index is 0.00000289. The molecule has 1 aromatic rings. The maximum Gasteiger partial charge on any atom is 0.241 e. The Kier molecular flexibility index (Phi) is 6.10. The number of hydrogen-bond donors (Lipinski definition) is 3. The fourth-order valence-electron chi connectivity index (χ4n) is 1.13. The molecule has 0 spiro atoms. The second-order valence-electron chi connectivity index (χ2n) is 3.70. The topological polar surface area (TPSA) is 101 Å². The molecule has 0 fully saturated rings. The van der Waals surface area contributed by atoms with E-state index in [1.807, 2.05) is 0 Å². The molecule has 0 bridgehead atoms. The van der Waals surface area contributed by atoms with Gasteiger partial charge in [0.25, 0.3) is 0 Å². The van der Waals surface area contributed by atoms with Crippen LogP contribution in [0.5, 0.6) is 0 Å². The summed E-state index contributed by atoms with van der Waals surface area (Å²) in [6.45, 7) is 1.54. The number of hydrogen-bond acceptors (Lipinski definition) is 4. The van der Waals surface area contributed by atoms with Gasteiger partial charge >= 0.3 is 0 Å². The normalized spacial score (nSPS) is 12.2. The number of amides is 1. The summed E-state index contributed by atoms with van der Waals surface area (Å²) in [4.78, 5) is 11.4. The Bertz CT molecular complexity index is 517. The summed E-state index contributed by atoms with van der Waals surface area (Å²) in [6.07, 6.45) is 1.04. The Hall–Kier alpha value is -1.31. The van der Waals surface area contributed by atoms with Crippen molar-refractivity contribution >= 4 is 39.7 Å². The van der Waals surface area contributed by atoms with Gasteiger partial charge in [-0.3, -0.25) is 9.52 Å². The number of anilines is 2. The number of para-hydroxylation sites is 2. The quantitative estimate of drug-likeness (QED) is 0.763. The van der Waals surface area contributed by atoms with Crippen LogP contribution in [0.4, 0.5) is 11.4 Å². The summed E-state index contributed by atoms with van der Waals surface area (Å²) in [7, 11) is -3.39. The summed E-state index contributed by atoms with van der Waals surface area (Å²) >= 11 is 0. The molecule has 1 amide bonds. The highest BCUT2D eigenvalue weighted by molar-refractivity contribution is 7.92.